The Hall–Kier alpha value is -0.100. The maximum Gasteiger partial charge on any atom is 0.255 e. The van der Waals surface area contributed by atoms with Gasteiger partial charge in [0.15, 0.2) is 0 Å². The van der Waals surface area contributed by atoms with Gasteiger partial charge in [-0.25, -0.2) is 0 Å². The summed E-state index contributed by atoms with van der Waals surface area (Å²) in [5.74, 6) is 0.0957. The number of rotatable bonds is 1. The number of piperazine rings is 1. The van der Waals surface area contributed by atoms with Crippen molar-refractivity contribution < 1.29 is 4.79 Å². The fourth-order valence-electron chi connectivity index (χ4n) is 1.96. The fraction of sp³-hybridized carbons (Fsp3) is 0.417. The molecule has 0 aromatic heterocycles. The number of nitrogens with zero attached hydrogens (tertiary/aromatic N) is 1. The number of hydrogen-bond donors (Lipinski definition) is 1. The van der Waals surface area contributed by atoms with E-state index < -0.39 is 0 Å². The summed E-state index contributed by atoms with van der Waals surface area (Å²) < 4.78 is 1.80. The topological polar surface area (TPSA) is 32.3 Å². The molecule has 18 heavy (non-hydrogen) atoms. The number of nitrogens with one attached hydrogen (secondary N) is 1. The number of benzene rings is 1. The molecular formula is C12H15Br2ClN2O. The van der Waals surface area contributed by atoms with Crippen LogP contribution in [-0.4, -0.2) is 36.5 Å². The van der Waals surface area contributed by atoms with Gasteiger partial charge in [0.2, 0.25) is 0 Å². The third kappa shape index (κ3) is 3.47. The molecule has 0 aliphatic carbocycles. The molecule has 1 atom stereocenters. The molecule has 1 N–H and O–H groups in total. The van der Waals surface area contributed by atoms with Crippen LogP contribution in [0.2, 0.25) is 0 Å². The van der Waals surface area contributed by atoms with E-state index in [1.165, 1.54) is 0 Å². The minimum Gasteiger partial charge on any atom is -0.333 e. The molecule has 1 aromatic carbocycles. The average Bonchev–Trinajstić information content (AvgIpc) is 2.29. The fourth-order valence-corrected chi connectivity index (χ4v) is 3.18. The number of halogens is 3. The lowest BCUT2D eigenvalue weighted by molar-refractivity contribution is 0.0655. The summed E-state index contributed by atoms with van der Waals surface area (Å²) in [5, 5.41) is 3.28. The summed E-state index contributed by atoms with van der Waals surface area (Å²) >= 11 is 6.83. The molecule has 0 bridgehead atoms. The molecule has 2 rings (SSSR count). The molecule has 0 saturated carbocycles. The quantitative estimate of drug-likeness (QED) is 0.789. The molecule has 100 valence electrons. The van der Waals surface area contributed by atoms with Crippen LogP contribution in [-0.2, 0) is 0 Å². The third-order valence-electron chi connectivity index (χ3n) is 2.92. The van der Waals surface area contributed by atoms with Crippen molar-refractivity contribution in [2.75, 3.05) is 19.6 Å². The van der Waals surface area contributed by atoms with Gasteiger partial charge in [-0.1, -0.05) is 15.9 Å². The Morgan fingerprint density at radius 2 is 2.17 bits per heavy atom. The van der Waals surface area contributed by atoms with Gasteiger partial charge >= 0.3 is 0 Å². The average molecular weight is 399 g/mol. The maximum absolute atomic E-state index is 12.4. The molecule has 1 aliphatic rings. The van der Waals surface area contributed by atoms with E-state index in [0.29, 0.717) is 0 Å². The lowest BCUT2D eigenvalue weighted by atomic mass is 10.1. The van der Waals surface area contributed by atoms with Crippen LogP contribution in [0.4, 0.5) is 0 Å². The van der Waals surface area contributed by atoms with Crippen LogP contribution in [0, 0.1) is 0 Å². The molecule has 1 fully saturated rings. The van der Waals surface area contributed by atoms with E-state index in [1.807, 2.05) is 23.1 Å². The van der Waals surface area contributed by atoms with Crippen molar-refractivity contribution in [1.29, 1.82) is 0 Å². The second-order valence-electron chi connectivity index (χ2n) is 4.18. The highest BCUT2D eigenvalue weighted by molar-refractivity contribution is 9.11. The lowest BCUT2D eigenvalue weighted by Gasteiger charge is -2.34. The summed E-state index contributed by atoms with van der Waals surface area (Å²) in [6, 6.07) is 5.89. The first-order valence-corrected chi connectivity index (χ1v) is 7.15. The minimum absolute atomic E-state index is 0. The second kappa shape index (κ2) is 6.89. The highest BCUT2D eigenvalue weighted by Crippen LogP contribution is 2.24. The summed E-state index contributed by atoms with van der Waals surface area (Å²) in [7, 11) is 0. The Morgan fingerprint density at radius 3 is 2.78 bits per heavy atom. The molecule has 1 aromatic rings. The van der Waals surface area contributed by atoms with E-state index >= 15 is 0 Å². The number of hydrogen-bond acceptors (Lipinski definition) is 2. The van der Waals surface area contributed by atoms with E-state index in [4.69, 9.17) is 0 Å². The largest absolute Gasteiger partial charge is 0.333 e. The van der Waals surface area contributed by atoms with Crippen LogP contribution in [0.25, 0.3) is 0 Å². The lowest BCUT2D eigenvalue weighted by Crippen LogP contribution is -2.52. The van der Waals surface area contributed by atoms with Crippen molar-refractivity contribution in [3.8, 4) is 0 Å². The normalized spacial score (nSPS) is 19.3. The van der Waals surface area contributed by atoms with Gasteiger partial charge in [-0.05, 0) is 41.1 Å². The number of carbonyl (C=O) groups excluding carboxylic acids is 1. The first kappa shape index (κ1) is 16.0. The molecule has 0 spiro atoms. The predicted octanol–water partition coefficient (Wildman–Crippen LogP) is 3.07. The molecule has 1 aliphatic heterocycles. The summed E-state index contributed by atoms with van der Waals surface area (Å²) in [6.07, 6.45) is 0. The monoisotopic (exact) mass is 396 g/mol. The van der Waals surface area contributed by atoms with Gasteiger partial charge in [0, 0.05) is 34.6 Å². The molecule has 0 unspecified atom stereocenters. The summed E-state index contributed by atoms with van der Waals surface area (Å²) in [5.41, 5.74) is 0.724. The number of carbonyl (C=O) groups is 1. The summed E-state index contributed by atoms with van der Waals surface area (Å²) in [6.45, 7) is 4.56. The van der Waals surface area contributed by atoms with E-state index in [1.54, 1.807) is 0 Å². The SMILES string of the molecule is C[C@H]1CNCCN1C(=O)c1ccc(Br)cc1Br.Cl. The highest BCUT2D eigenvalue weighted by Gasteiger charge is 2.25. The van der Waals surface area contributed by atoms with Crippen LogP contribution in [0.1, 0.15) is 17.3 Å². The zero-order valence-electron chi connectivity index (χ0n) is 9.95. The van der Waals surface area contributed by atoms with Crippen molar-refractivity contribution >= 4 is 50.2 Å². The van der Waals surface area contributed by atoms with Gasteiger partial charge in [0.25, 0.3) is 5.91 Å². The van der Waals surface area contributed by atoms with Gasteiger partial charge in [0.05, 0.1) is 5.56 Å². The van der Waals surface area contributed by atoms with Crippen molar-refractivity contribution in [1.82, 2.24) is 10.2 Å². The van der Waals surface area contributed by atoms with Gasteiger partial charge in [-0.15, -0.1) is 12.4 Å². The zero-order chi connectivity index (χ0) is 12.4. The molecule has 0 radical (unpaired) electrons. The highest BCUT2D eigenvalue weighted by atomic mass is 79.9. The van der Waals surface area contributed by atoms with Crippen molar-refractivity contribution in [2.45, 2.75) is 13.0 Å². The number of amides is 1. The Morgan fingerprint density at radius 1 is 1.44 bits per heavy atom. The van der Waals surface area contributed by atoms with Crippen LogP contribution < -0.4 is 5.32 Å². The standard InChI is InChI=1S/C12H14Br2N2O.ClH/c1-8-7-15-4-5-16(8)12(17)10-3-2-9(13)6-11(10)14;/h2-3,6,8,15H,4-5,7H2,1H3;1H/t8-;/m0./s1. The molecule has 1 amide bonds. The molecule has 6 heteroatoms. The predicted molar refractivity (Wildman–Crippen MR) is 82.5 cm³/mol. The maximum atomic E-state index is 12.4. The first-order chi connectivity index (χ1) is 8.09. The van der Waals surface area contributed by atoms with Gasteiger partial charge in [0.1, 0.15) is 0 Å². The molecule has 1 heterocycles. The summed E-state index contributed by atoms with van der Waals surface area (Å²) in [4.78, 5) is 14.3. The van der Waals surface area contributed by atoms with Crippen molar-refractivity contribution in [2.24, 2.45) is 0 Å². The van der Waals surface area contributed by atoms with E-state index in [2.05, 4.69) is 44.1 Å². The molecular weight excluding hydrogens is 383 g/mol. The van der Waals surface area contributed by atoms with Gasteiger partial charge in [-0.2, -0.15) is 0 Å². The van der Waals surface area contributed by atoms with Crippen LogP contribution >= 0.6 is 44.3 Å². The van der Waals surface area contributed by atoms with Crippen LogP contribution in [0.3, 0.4) is 0 Å². The van der Waals surface area contributed by atoms with Gasteiger partial charge in [-0.3, -0.25) is 4.79 Å². The van der Waals surface area contributed by atoms with Crippen molar-refractivity contribution in [3.63, 3.8) is 0 Å². The Kier molecular flexibility index (Phi) is 6.11. The Balaban J connectivity index is 0.00000162. The van der Waals surface area contributed by atoms with Crippen LogP contribution in [0.5, 0.6) is 0 Å². The Labute approximate surface area is 130 Å². The minimum atomic E-state index is 0. The van der Waals surface area contributed by atoms with E-state index in [0.717, 1.165) is 34.1 Å². The van der Waals surface area contributed by atoms with E-state index in [9.17, 15) is 4.79 Å². The zero-order valence-corrected chi connectivity index (χ0v) is 13.9. The second-order valence-corrected chi connectivity index (χ2v) is 5.95. The van der Waals surface area contributed by atoms with E-state index in [-0.39, 0.29) is 24.4 Å². The third-order valence-corrected chi connectivity index (χ3v) is 4.07. The van der Waals surface area contributed by atoms with Crippen molar-refractivity contribution in [3.05, 3.63) is 32.7 Å². The van der Waals surface area contributed by atoms with Crippen LogP contribution in [0.15, 0.2) is 27.1 Å². The molecule has 1 saturated heterocycles. The smallest absolute Gasteiger partial charge is 0.255 e. The molecule has 3 nitrogen and oxygen atoms in total. The van der Waals surface area contributed by atoms with Gasteiger partial charge < -0.3 is 10.2 Å². The first-order valence-electron chi connectivity index (χ1n) is 5.56. The Bertz CT molecular complexity index is 442.